The summed E-state index contributed by atoms with van der Waals surface area (Å²) in [4.78, 5) is 10.7. The fraction of sp³-hybridized carbons (Fsp3) is 0.154. The zero-order valence-corrected chi connectivity index (χ0v) is 9.83. The summed E-state index contributed by atoms with van der Waals surface area (Å²) in [6.07, 6.45) is 2.82. The summed E-state index contributed by atoms with van der Waals surface area (Å²) in [6, 6.07) is 7.58. The van der Waals surface area contributed by atoms with Crippen LogP contribution in [0.1, 0.15) is 21.7 Å². The summed E-state index contributed by atoms with van der Waals surface area (Å²) in [5.41, 5.74) is 3.34. The molecule has 1 aromatic carbocycles. The van der Waals surface area contributed by atoms with Crippen LogP contribution in [0.2, 0.25) is 0 Å². The van der Waals surface area contributed by atoms with Crippen molar-refractivity contribution in [2.75, 3.05) is 0 Å². The van der Waals surface area contributed by atoms with E-state index in [1.165, 1.54) is 0 Å². The molecule has 3 rings (SSSR count). The molecule has 0 saturated carbocycles. The lowest BCUT2D eigenvalue weighted by molar-refractivity contribution is 0.112. The summed E-state index contributed by atoms with van der Waals surface area (Å²) in [6.45, 7) is 2.47. The standard InChI is InChI=1S/C13H11N3O2/c1-9-12(15-18-14-9)7-16-5-4-11-6-10(8-17)2-3-13(11)16/h2-6,8H,7H2,1H3. The molecule has 2 aromatic heterocycles. The van der Waals surface area contributed by atoms with Crippen LogP contribution in [0.4, 0.5) is 0 Å². The topological polar surface area (TPSA) is 60.9 Å². The van der Waals surface area contributed by atoms with Gasteiger partial charge in [-0.05, 0) is 31.2 Å². The van der Waals surface area contributed by atoms with Crippen molar-refractivity contribution in [3.8, 4) is 0 Å². The van der Waals surface area contributed by atoms with Crippen LogP contribution in [-0.2, 0) is 6.54 Å². The highest BCUT2D eigenvalue weighted by molar-refractivity contribution is 5.87. The van der Waals surface area contributed by atoms with Gasteiger partial charge >= 0.3 is 0 Å². The van der Waals surface area contributed by atoms with Crippen LogP contribution >= 0.6 is 0 Å². The van der Waals surface area contributed by atoms with E-state index in [1.807, 2.05) is 31.3 Å². The highest BCUT2D eigenvalue weighted by Crippen LogP contribution is 2.18. The van der Waals surface area contributed by atoms with Crippen molar-refractivity contribution in [2.24, 2.45) is 0 Å². The molecule has 0 amide bonds. The average Bonchev–Trinajstić information content (AvgIpc) is 2.97. The zero-order valence-electron chi connectivity index (χ0n) is 9.83. The molecular formula is C13H11N3O2. The minimum absolute atomic E-state index is 0.610. The quantitative estimate of drug-likeness (QED) is 0.659. The highest BCUT2D eigenvalue weighted by atomic mass is 16.6. The molecule has 0 fully saturated rings. The fourth-order valence-electron chi connectivity index (χ4n) is 1.98. The van der Waals surface area contributed by atoms with Gasteiger partial charge in [0.05, 0.1) is 6.54 Å². The van der Waals surface area contributed by atoms with Crippen LogP contribution in [0.25, 0.3) is 10.9 Å². The second kappa shape index (κ2) is 4.10. The maximum absolute atomic E-state index is 10.7. The van der Waals surface area contributed by atoms with Gasteiger partial charge in [0.1, 0.15) is 17.7 Å². The van der Waals surface area contributed by atoms with Crippen LogP contribution in [0.3, 0.4) is 0 Å². The number of fused-ring (bicyclic) bond motifs is 1. The molecule has 5 heteroatoms. The molecule has 3 aromatic rings. The van der Waals surface area contributed by atoms with Gasteiger partial charge in [0.15, 0.2) is 0 Å². The number of carbonyl (C=O) groups excluding carboxylic acids is 1. The highest BCUT2D eigenvalue weighted by Gasteiger charge is 2.08. The lowest BCUT2D eigenvalue weighted by atomic mass is 10.2. The van der Waals surface area contributed by atoms with Gasteiger partial charge in [-0.25, -0.2) is 4.63 Å². The van der Waals surface area contributed by atoms with Gasteiger partial charge in [0, 0.05) is 22.7 Å². The second-order valence-corrected chi connectivity index (χ2v) is 4.18. The minimum atomic E-state index is 0.610. The Morgan fingerprint density at radius 2 is 2.22 bits per heavy atom. The lowest BCUT2D eigenvalue weighted by Gasteiger charge is -2.02. The van der Waals surface area contributed by atoms with E-state index in [2.05, 4.69) is 19.5 Å². The molecule has 0 spiro atoms. The number of rotatable bonds is 3. The van der Waals surface area contributed by atoms with Crippen molar-refractivity contribution < 1.29 is 9.42 Å². The van der Waals surface area contributed by atoms with Crippen LogP contribution in [0.5, 0.6) is 0 Å². The molecule has 0 unspecified atom stereocenters. The van der Waals surface area contributed by atoms with Crippen molar-refractivity contribution in [1.82, 2.24) is 14.9 Å². The van der Waals surface area contributed by atoms with E-state index in [1.54, 1.807) is 6.07 Å². The monoisotopic (exact) mass is 241 g/mol. The molecule has 5 nitrogen and oxygen atoms in total. The number of nitrogens with zero attached hydrogens (tertiary/aromatic N) is 3. The molecule has 2 heterocycles. The summed E-state index contributed by atoms with van der Waals surface area (Å²) in [5.74, 6) is 0. The van der Waals surface area contributed by atoms with E-state index in [-0.39, 0.29) is 0 Å². The van der Waals surface area contributed by atoms with E-state index in [4.69, 9.17) is 0 Å². The Labute approximate surface area is 103 Å². The summed E-state index contributed by atoms with van der Waals surface area (Å²) >= 11 is 0. The van der Waals surface area contributed by atoms with Crippen molar-refractivity contribution >= 4 is 17.2 Å². The molecule has 0 N–H and O–H groups in total. The van der Waals surface area contributed by atoms with E-state index >= 15 is 0 Å². The third kappa shape index (κ3) is 1.69. The third-order valence-corrected chi connectivity index (χ3v) is 3.00. The first-order valence-corrected chi connectivity index (χ1v) is 5.60. The van der Waals surface area contributed by atoms with Gasteiger partial charge in [-0.3, -0.25) is 4.79 Å². The van der Waals surface area contributed by atoms with E-state index in [9.17, 15) is 4.79 Å². The SMILES string of the molecule is Cc1nonc1Cn1ccc2cc(C=O)ccc21. The molecule has 0 aliphatic rings. The van der Waals surface area contributed by atoms with E-state index < -0.39 is 0 Å². The molecule has 0 bridgehead atoms. The lowest BCUT2D eigenvalue weighted by Crippen LogP contribution is -1.99. The molecule has 0 aliphatic heterocycles. The smallest absolute Gasteiger partial charge is 0.150 e. The van der Waals surface area contributed by atoms with Crippen molar-refractivity contribution in [3.05, 3.63) is 47.4 Å². The molecule has 0 atom stereocenters. The van der Waals surface area contributed by atoms with Gasteiger partial charge < -0.3 is 4.57 Å². The number of aryl methyl sites for hydroxylation is 1. The van der Waals surface area contributed by atoms with Gasteiger partial charge in [-0.2, -0.15) is 0 Å². The number of aromatic nitrogens is 3. The predicted octanol–water partition coefficient (Wildman–Crippen LogP) is 2.19. The molecule has 0 saturated heterocycles. The van der Waals surface area contributed by atoms with Crippen LogP contribution < -0.4 is 0 Å². The molecule has 18 heavy (non-hydrogen) atoms. The normalized spacial score (nSPS) is 10.9. The third-order valence-electron chi connectivity index (χ3n) is 3.00. The van der Waals surface area contributed by atoms with Gasteiger partial charge in [-0.1, -0.05) is 10.3 Å². The zero-order chi connectivity index (χ0) is 12.5. The maximum Gasteiger partial charge on any atom is 0.150 e. The van der Waals surface area contributed by atoms with Crippen LogP contribution in [0, 0.1) is 6.92 Å². The maximum atomic E-state index is 10.7. The molecule has 0 aliphatic carbocycles. The summed E-state index contributed by atoms with van der Waals surface area (Å²) in [7, 11) is 0. The Morgan fingerprint density at radius 1 is 1.33 bits per heavy atom. The first-order valence-electron chi connectivity index (χ1n) is 5.60. The molecule has 0 radical (unpaired) electrons. The predicted molar refractivity (Wildman–Crippen MR) is 65.5 cm³/mol. The number of hydrogen-bond acceptors (Lipinski definition) is 4. The first kappa shape index (κ1) is 10.7. The molecular weight excluding hydrogens is 230 g/mol. The first-order chi connectivity index (χ1) is 8.78. The molecule has 90 valence electrons. The second-order valence-electron chi connectivity index (χ2n) is 4.18. The summed E-state index contributed by atoms with van der Waals surface area (Å²) in [5, 5.41) is 8.66. The van der Waals surface area contributed by atoms with Gasteiger partial charge in [0.25, 0.3) is 0 Å². The van der Waals surface area contributed by atoms with E-state index in [0.29, 0.717) is 12.1 Å². The Bertz CT molecular complexity index is 712. The van der Waals surface area contributed by atoms with Crippen LogP contribution in [-0.4, -0.2) is 21.2 Å². The number of hydrogen-bond donors (Lipinski definition) is 0. The van der Waals surface area contributed by atoms with Crippen molar-refractivity contribution in [2.45, 2.75) is 13.5 Å². The Hall–Kier alpha value is -2.43. The number of benzene rings is 1. The average molecular weight is 241 g/mol. The Morgan fingerprint density at radius 3 is 2.94 bits per heavy atom. The van der Waals surface area contributed by atoms with E-state index in [0.717, 1.165) is 28.6 Å². The van der Waals surface area contributed by atoms with Crippen molar-refractivity contribution in [1.29, 1.82) is 0 Å². The Balaban J connectivity index is 2.03. The van der Waals surface area contributed by atoms with Crippen LogP contribution in [0.15, 0.2) is 35.1 Å². The van der Waals surface area contributed by atoms with Gasteiger partial charge in [-0.15, -0.1) is 0 Å². The minimum Gasteiger partial charge on any atom is -0.341 e. The summed E-state index contributed by atoms with van der Waals surface area (Å²) < 4.78 is 6.74. The largest absolute Gasteiger partial charge is 0.341 e. The fourth-order valence-corrected chi connectivity index (χ4v) is 1.98. The van der Waals surface area contributed by atoms with Crippen molar-refractivity contribution in [3.63, 3.8) is 0 Å². The van der Waals surface area contributed by atoms with Gasteiger partial charge in [0.2, 0.25) is 0 Å². The Kier molecular flexibility index (Phi) is 2.44. The number of aldehydes is 1. The number of carbonyl (C=O) groups is 1.